The molecule has 2 aromatic carbocycles. The first-order chi connectivity index (χ1) is 11.9. The minimum atomic E-state index is -0.833. The van der Waals surface area contributed by atoms with E-state index in [0.717, 1.165) is 13.8 Å². The summed E-state index contributed by atoms with van der Waals surface area (Å²) >= 11 is 0. The monoisotopic (exact) mass is 352 g/mol. The molecule has 6 heteroatoms. The number of hydrogen-bond acceptors (Lipinski definition) is 4. The number of rotatable bonds is 2. The zero-order chi connectivity index (χ0) is 19.8. The Morgan fingerprint density at radius 3 is 0.760 bits per heavy atom. The van der Waals surface area contributed by atoms with Gasteiger partial charge < -0.3 is 19.7 Å². The van der Waals surface area contributed by atoms with Gasteiger partial charge in [-0.2, -0.15) is 0 Å². The number of carboxylic acid groups (broad SMARTS) is 2. The number of hydrogen-bond donors (Lipinski definition) is 2. The van der Waals surface area contributed by atoms with Crippen LogP contribution in [0.1, 0.15) is 13.8 Å². The van der Waals surface area contributed by atoms with E-state index in [1.54, 1.807) is 14.2 Å². The number of benzene rings is 2. The molecule has 0 aliphatic rings. The van der Waals surface area contributed by atoms with Gasteiger partial charge in [0.05, 0.1) is 0 Å². The van der Waals surface area contributed by atoms with Crippen molar-refractivity contribution in [2.75, 3.05) is 21.0 Å². The third kappa shape index (κ3) is 62.1. The average molecular weight is 352 g/mol. The summed E-state index contributed by atoms with van der Waals surface area (Å²) in [7, 11) is 3.17. The van der Waals surface area contributed by atoms with E-state index in [1.807, 2.05) is 72.8 Å². The Morgan fingerprint density at radius 2 is 0.720 bits per heavy atom. The van der Waals surface area contributed by atoms with Crippen LogP contribution in [-0.2, 0) is 19.1 Å². The van der Waals surface area contributed by atoms with Gasteiger partial charge in [0.25, 0.3) is 11.9 Å². The largest absolute Gasteiger partial charge is 0.481 e. The highest BCUT2D eigenvalue weighted by Crippen LogP contribution is 1.80. The Morgan fingerprint density at radius 1 is 0.600 bits per heavy atom. The molecule has 0 heterocycles. The van der Waals surface area contributed by atoms with Gasteiger partial charge in [-0.15, -0.1) is 0 Å². The quantitative estimate of drug-likeness (QED) is 0.799. The third-order valence-electron chi connectivity index (χ3n) is 1.57. The van der Waals surface area contributed by atoms with E-state index < -0.39 is 11.9 Å². The van der Waals surface area contributed by atoms with Crippen LogP contribution in [0.2, 0.25) is 0 Å². The van der Waals surface area contributed by atoms with Crippen LogP contribution in [0.4, 0.5) is 0 Å². The summed E-state index contributed by atoms with van der Waals surface area (Å²) < 4.78 is 8.94. The van der Waals surface area contributed by atoms with E-state index in [9.17, 15) is 0 Å². The van der Waals surface area contributed by atoms with Crippen LogP contribution in [-0.4, -0.2) is 43.2 Å². The first kappa shape index (κ1) is 27.2. The summed E-state index contributed by atoms with van der Waals surface area (Å²) in [5.41, 5.74) is 0. The maximum atomic E-state index is 9.00. The van der Waals surface area contributed by atoms with Crippen LogP contribution in [0.15, 0.2) is 72.8 Å². The van der Waals surface area contributed by atoms with Crippen molar-refractivity contribution in [3.05, 3.63) is 72.8 Å². The summed E-state index contributed by atoms with van der Waals surface area (Å²) in [6, 6.07) is 24.0. The van der Waals surface area contributed by atoms with Gasteiger partial charge in [-0.3, -0.25) is 9.59 Å². The standard InChI is InChI=1S/2C6H6.C3H8O2.2C2H4O2/c2*1-2-4-6-5-3-1;1-4-3-5-2;2*1-2(3)4/h2*1-6H;3H2,1-2H3;2*1H3,(H,3,4). The molecule has 0 unspecified atom stereocenters. The van der Waals surface area contributed by atoms with E-state index in [1.165, 1.54) is 0 Å². The number of methoxy groups -OCH3 is 2. The van der Waals surface area contributed by atoms with Crippen LogP contribution in [0, 0.1) is 0 Å². The second-order valence-electron chi connectivity index (χ2n) is 4.04. The fourth-order valence-electron chi connectivity index (χ4n) is 0.888. The minimum Gasteiger partial charge on any atom is -0.481 e. The van der Waals surface area contributed by atoms with Gasteiger partial charge in [0, 0.05) is 28.1 Å². The summed E-state index contributed by atoms with van der Waals surface area (Å²) in [4.78, 5) is 18.0. The molecule has 6 nitrogen and oxygen atoms in total. The molecule has 0 spiro atoms. The fraction of sp³-hybridized carbons (Fsp3) is 0.263. The summed E-state index contributed by atoms with van der Waals surface area (Å²) in [5.74, 6) is -1.67. The molecule has 2 rings (SSSR count). The van der Waals surface area contributed by atoms with Gasteiger partial charge in [-0.1, -0.05) is 72.8 Å². The first-order valence-corrected chi connectivity index (χ1v) is 7.25. The third-order valence-corrected chi connectivity index (χ3v) is 1.57. The lowest BCUT2D eigenvalue weighted by Gasteiger charge is -1.87. The number of carboxylic acids is 2. The van der Waals surface area contributed by atoms with E-state index in [-0.39, 0.29) is 0 Å². The van der Waals surface area contributed by atoms with Crippen molar-refractivity contribution in [2.24, 2.45) is 0 Å². The van der Waals surface area contributed by atoms with Gasteiger partial charge in [0.1, 0.15) is 6.79 Å². The maximum Gasteiger partial charge on any atom is 0.300 e. The Bertz CT molecular complexity index is 367. The normalized spacial score (nSPS) is 7.52. The molecule has 2 aromatic rings. The van der Waals surface area contributed by atoms with E-state index in [0.29, 0.717) is 6.79 Å². The lowest BCUT2D eigenvalue weighted by molar-refractivity contribution is -0.135. The molecule has 0 fully saturated rings. The van der Waals surface area contributed by atoms with Gasteiger partial charge in [0.2, 0.25) is 0 Å². The summed E-state index contributed by atoms with van der Waals surface area (Å²) in [6.07, 6.45) is 0. The van der Waals surface area contributed by atoms with Crippen molar-refractivity contribution >= 4 is 11.9 Å². The zero-order valence-electron chi connectivity index (χ0n) is 15.2. The van der Waals surface area contributed by atoms with E-state index >= 15 is 0 Å². The smallest absolute Gasteiger partial charge is 0.300 e. The van der Waals surface area contributed by atoms with Crippen molar-refractivity contribution in [1.29, 1.82) is 0 Å². The molecular formula is C19H28O6. The van der Waals surface area contributed by atoms with Crippen LogP contribution in [0.5, 0.6) is 0 Å². The Kier molecular flexibility index (Phi) is 28.5. The second-order valence-corrected chi connectivity index (χ2v) is 4.04. The van der Waals surface area contributed by atoms with Crippen LogP contribution < -0.4 is 0 Å². The average Bonchev–Trinajstić information content (AvgIpc) is 2.59. The predicted molar refractivity (Wildman–Crippen MR) is 98.4 cm³/mol. The Hall–Kier alpha value is -2.70. The number of aliphatic carboxylic acids is 2. The van der Waals surface area contributed by atoms with Gasteiger partial charge in [-0.05, 0) is 0 Å². The predicted octanol–water partition coefficient (Wildman–Crippen LogP) is 3.79. The van der Waals surface area contributed by atoms with E-state index in [4.69, 9.17) is 19.8 Å². The molecule has 0 bridgehead atoms. The maximum absolute atomic E-state index is 9.00. The van der Waals surface area contributed by atoms with Gasteiger partial charge in [0.15, 0.2) is 0 Å². The molecule has 0 amide bonds. The van der Waals surface area contributed by atoms with E-state index in [2.05, 4.69) is 9.47 Å². The minimum absolute atomic E-state index is 0.389. The van der Waals surface area contributed by atoms with Crippen molar-refractivity contribution in [2.45, 2.75) is 13.8 Å². The van der Waals surface area contributed by atoms with Crippen molar-refractivity contribution in [3.8, 4) is 0 Å². The second kappa shape index (κ2) is 26.2. The molecule has 2 N–H and O–H groups in total. The van der Waals surface area contributed by atoms with Crippen molar-refractivity contribution in [3.63, 3.8) is 0 Å². The van der Waals surface area contributed by atoms with Crippen LogP contribution in [0.25, 0.3) is 0 Å². The fourth-order valence-corrected chi connectivity index (χ4v) is 0.888. The molecule has 0 aliphatic heterocycles. The molecule has 0 atom stereocenters. The van der Waals surface area contributed by atoms with Crippen LogP contribution in [0.3, 0.4) is 0 Å². The van der Waals surface area contributed by atoms with Crippen LogP contribution >= 0.6 is 0 Å². The lowest BCUT2D eigenvalue weighted by atomic mass is 10.4. The highest BCUT2D eigenvalue weighted by Gasteiger charge is 1.66. The van der Waals surface area contributed by atoms with Gasteiger partial charge in [-0.25, -0.2) is 0 Å². The molecule has 140 valence electrons. The lowest BCUT2D eigenvalue weighted by Crippen LogP contribution is -1.87. The Balaban J connectivity index is -0.000000246. The van der Waals surface area contributed by atoms with Gasteiger partial charge >= 0.3 is 0 Å². The first-order valence-electron chi connectivity index (χ1n) is 7.25. The van der Waals surface area contributed by atoms with Crippen molar-refractivity contribution < 1.29 is 29.3 Å². The molecule has 0 saturated heterocycles. The molecule has 0 aliphatic carbocycles. The topological polar surface area (TPSA) is 93.1 Å². The number of carbonyl (C=O) groups is 2. The highest BCUT2D eigenvalue weighted by atomic mass is 16.6. The zero-order valence-corrected chi connectivity index (χ0v) is 15.2. The number of ether oxygens (including phenoxy) is 2. The molecule has 25 heavy (non-hydrogen) atoms. The molecule has 0 radical (unpaired) electrons. The molecule has 0 aromatic heterocycles. The molecular weight excluding hydrogens is 324 g/mol. The van der Waals surface area contributed by atoms with Crippen molar-refractivity contribution in [1.82, 2.24) is 0 Å². The molecule has 0 saturated carbocycles. The Labute approximate surface area is 149 Å². The SMILES string of the molecule is CC(=O)O.CC(=O)O.COCOC.c1ccccc1.c1ccccc1. The highest BCUT2D eigenvalue weighted by molar-refractivity contribution is 5.63. The summed E-state index contributed by atoms with van der Waals surface area (Å²) in [6.45, 7) is 2.56. The summed E-state index contributed by atoms with van der Waals surface area (Å²) in [5, 5.41) is 14.8.